The molecule has 0 unspecified atom stereocenters. The fourth-order valence-electron chi connectivity index (χ4n) is 3.55. The molecule has 1 aliphatic heterocycles. The molecule has 1 amide bonds. The molecular weight excluding hydrogens is 334 g/mol. The predicted octanol–water partition coefficient (Wildman–Crippen LogP) is 4.00. The molecule has 26 heavy (non-hydrogen) atoms. The number of benzene rings is 2. The van der Waals surface area contributed by atoms with E-state index in [0.717, 1.165) is 31.4 Å². The second-order valence-electron chi connectivity index (χ2n) is 6.48. The molecule has 0 radical (unpaired) electrons. The molecule has 136 valence electrons. The lowest BCUT2D eigenvalue weighted by Gasteiger charge is -2.21. The molecule has 1 saturated carbocycles. The Balaban J connectivity index is 1.55. The summed E-state index contributed by atoms with van der Waals surface area (Å²) in [5, 5.41) is 2.88. The van der Waals surface area contributed by atoms with Crippen LogP contribution in [0.25, 0.3) is 0 Å². The van der Waals surface area contributed by atoms with Crippen LogP contribution in [-0.2, 0) is 0 Å². The number of methoxy groups -OCH3 is 2. The van der Waals surface area contributed by atoms with Gasteiger partial charge in [-0.15, -0.1) is 0 Å². The van der Waals surface area contributed by atoms with Gasteiger partial charge < -0.3 is 24.3 Å². The summed E-state index contributed by atoms with van der Waals surface area (Å²) in [5.74, 6) is 1.51. The van der Waals surface area contributed by atoms with E-state index in [0.29, 0.717) is 28.5 Å². The lowest BCUT2D eigenvalue weighted by Crippen LogP contribution is -2.34. The van der Waals surface area contributed by atoms with Crippen LogP contribution in [0, 0.1) is 0 Å². The number of nitrogens with one attached hydrogen (secondary N) is 1. The number of rotatable bonds is 4. The molecule has 0 saturated heterocycles. The average molecular weight is 355 g/mol. The Morgan fingerprint density at radius 3 is 2.54 bits per heavy atom. The van der Waals surface area contributed by atoms with E-state index in [9.17, 15) is 4.79 Å². The van der Waals surface area contributed by atoms with Crippen molar-refractivity contribution in [3.05, 3.63) is 42.0 Å². The molecule has 6 nitrogen and oxygen atoms in total. The van der Waals surface area contributed by atoms with E-state index in [1.54, 1.807) is 30.3 Å². The van der Waals surface area contributed by atoms with Gasteiger partial charge in [-0.1, -0.05) is 6.07 Å². The van der Waals surface area contributed by atoms with Gasteiger partial charge in [-0.2, -0.15) is 0 Å². The monoisotopic (exact) mass is 355 g/mol. The van der Waals surface area contributed by atoms with E-state index in [-0.39, 0.29) is 5.91 Å². The molecule has 0 aromatic heterocycles. The van der Waals surface area contributed by atoms with Gasteiger partial charge in [-0.05, 0) is 37.1 Å². The van der Waals surface area contributed by atoms with Crippen molar-refractivity contribution in [2.45, 2.75) is 31.5 Å². The third kappa shape index (κ3) is 2.81. The van der Waals surface area contributed by atoms with Crippen molar-refractivity contribution in [2.24, 2.45) is 0 Å². The minimum atomic E-state index is -0.513. The minimum Gasteiger partial charge on any atom is -0.493 e. The number of ether oxygens (including phenoxy) is 4. The van der Waals surface area contributed by atoms with Crippen molar-refractivity contribution >= 4 is 11.6 Å². The van der Waals surface area contributed by atoms with E-state index in [1.165, 1.54) is 14.2 Å². The third-order valence-corrected chi connectivity index (χ3v) is 4.81. The van der Waals surface area contributed by atoms with Crippen LogP contribution in [0.5, 0.6) is 23.0 Å². The summed E-state index contributed by atoms with van der Waals surface area (Å²) in [5.41, 5.74) is 1.04. The predicted molar refractivity (Wildman–Crippen MR) is 96.4 cm³/mol. The molecule has 2 aromatic rings. The maximum Gasteiger partial charge on any atom is 0.259 e. The molecule has 6 heteroatoms. The zero-order valence-corrected chi connectivity index (χ0v) is 14.8. The first-order valence-electron chi connectivity index (χ1n) is 8.68. The topological polar surface area (TPSA) is 66.0 Å². The first kappa shape index (κ1) is 16.6. The van der Waals surface area contributed by atoms with Gasteiger partial charge in [0, 0.05) is 24.6 Å². The zero-order chi connectivity index (χ0) is 18.1. The van der Waals surface area contributed by atoms with Gasteiger partial charge in [0.2, 0.25) is 0 Å². The summed E-state index contributed by atoms with van der Waals surface area (Å²) in [4.78, 5) is 12.7. The smallest absolute Gasteiger partial charge is 0.259 e. The Labute approximate surface area is 152 Å². The quantitative estimate of drug-likeness (QED) is 0.898. The number of amides is 1. The standard InChI is InChI=1S/C20H21NO5/c1-23-16-7-5-6-14(18(16)24-2)19(22)21-13-8-9-15-17(12-13)26-20(25-15)10-3-4-11-20/h5-9,12H,3-4,10-11H2,1-2H3,(H,21,22). The maximum absolute atomic E-state index is 12.7. The van der Waals surface area contributed by atoms with E-state index in [1.807, 2.05) is 6.07 Å². The molecule has 0 atom stereocenters. The highest BCUT2D eigenvalue weighted by atomic mass is 16.7. The van der Waals surface area contributed by atoms with Crippen LogP contribution in [-0.4, -0.2) is 25.9 Å². The molecule has 4 rings (SSSR count). The van der Waals surface area contributed by atoms with Gasteiger partial charge in [-0.3, -0.25) is 4.79 Å². The lowest BCUT2D eigenvalue weighted by molar-refractivity contribution is -0.0716. The van der Waals surface area contributed by atoms with Crippen LogP contribution >= 0.6 is 0 Å². The summed E-state index contributed by atoms with van der Waals surface area (Å²) in [6, 6.07) is 10.6. The Bertz CT molecular complexity index is 842. The Hall–Kier alpha value is -2.89. The van der Waals surface area contributed by atoms with Gasteiger partial charge in [0.25, 0.3) is 11.7 Å². The van der Waals surface area contributed by atoms with Crippen LogP contribution < -0.4 is 24.3 Å². The van der Waals surface area contributed by atoms with Crippen molar-refractivity contribution in [3.63, 3.8) is 0 Å². The largest absolute Gasteiger partial charge is 0.493 e. The maximum atomic E-state index is 12.7. The molecule has 2 aromatic carbocycles. The summed E-state index contributed by atoms with van der Waals surface area (Å²) in [7, 11) is 3.05. The SMILES string of the molecule is COc1cccc(C(=O)Nc2ccc3c(c2)OC2(CCCC2)O3)c1OC. The van der Waals surface area contributed by atoms with Crippen molar-refractivity contribution in [1.29, 1.82) is 0 Å². The molecule has 0 bridgehead atoms. The number of para-hydroxylation sites is 1. The van der Waals surface area contributed by atoms with E-state index in [4.69, 9.17) is 18.9 Å². The highest BCUT2D eigenvalue weighted by Crippen LogP contribution is 2.47. The van der Waals surface area contributed by atoms with Crippen molar-refractivity contribution in [3.8, 4) is 23.0 Å². The summed E-state index contributed by atoms with van der Waals surface area (Å²) >= 11 is 0. The van der Waals surface area contributed by atoms with Crippen LogP contribution in [0.2, 0.25) is 0 Å². The second-order valence-corrected chi connectivity index (χ2v) is 6.48. The van der Waals surface area contributed by atoms with Crippen LogP contribution in [0.1, 0.15) is 36.0 Å². The first-order chi connectivity index (χ1) is 12.6. The second kappa shape index (κ2) is 6.44. The fourth-order valence-corrected chi connectivity index (χ4v) is 3.55. The molecule has 1 heterocycles. The third-order valence-electron chi connectivity index (χ3n) is 4.81. The van der Waals surface area contributed by atoms with Gasteiger partial charge >= 0.3 is 0 Å². The number of fused-ring (bicyclic) bond motifs is 1. The minimum absolute atomic E-state index is 0.282. The van der Waals surface area contributed by atoms with Crippen LogP contribution in [0.3, 0.4) is 0 Å². The number of anilines is 1. The zero-order valence-electron chi connectivity index (χ0n) is 14.8. The average Bonchev–Trinajstić information content (AvgIpc) is 3.26. The Kier molecular flexibility index (Phi) is 4.11. The van der Waals surface area contributed by atoms with Crippen molar-refractivity contribution in [2.75, 3.05) is 19.5 Å². The highest BCUT2D eigenvalue weighted by Gasteiger charge is 2.44. The summed E-state index contributed by atoms with van der Waals surface area (Å²) in [6.45, 7) is 0. The van der Waals surface area contributed by atoms with Crippen LogP contribution in [0.15, 0.2) is 36.4 Å². The number of hydrogen-bond acceptors (Lipinski definition) is 5. The highest BCUT2D eigenvalue weighted by molar-refractivity contribution is 6.06. The van der Waals surface area contributed by atoms with E-state index >= 15 is 0 Å². The van der Waals surface area contributed by atoms with Crippen molar-refractivity contribution < 1.29 is 23.7 Å². The van der Waals surface area contributed by atoms with Crippen LogP contribution in [0.4, 0.5) is 5.69 Å². The van der Waals surface area contributed by atoms with Crippen molar-refractivity contribution in [1.82, 2.24) is 0 Å². The molecule has 1 spiro atoms. The Morgan fingerprint density at radius 1 is 1.04 bits per heavy atom. The molecule has 1 fully saturated rings. The first-order valence-corrected chi connectivity index (χ1v) is 8.68. The van der Waals surface area contributed by atoms with E-state index in [2.05, 4.69) is 5.32 Å². The Morgan fingerprint density at radius 2 is 1.81 bits per heavy atom. The van der Waals surface area contributed by atoms with Gasteiger partial charge in [-0.25, -0.2) is 0 Å². The van der Waals surface area contributed by atoms with E-state index < -0.39 is 5.79 Å². The van der Waals surface area contributed by atoms with Gasteiger partial charge in [0.15, 0.2) is 23.0 Å². The lowest BCUT2D eigenvalue weighted by atomic mass is 10.1. The van der Waals surface area contributed by atoms with Gasteiger partial charge in [0.05, 0.1) is 19.8 Å². The number of hydrogen-bond donors (Lipinski definition) is 1. The molecule has 1 aliphatic carbocycles. The molecular formula is C20H21NO5. The molecule has 2 aliphatic rings. The molecule has 1 N–H and O–H groups in total. The fraction of sp³-hybridized carbons (Fsp3) is 0.350. The summed E-state index contributed by atoms with van der Waals surface area (Å²) < 4.78 is 22.6. The van der Waals surface area contributed by atoms with Gasteiger partial charge in [0.1, 0.15) is 0 Å². The normalized spacial score (nSPS) is 16.5. The summed E-state index contributed by atoms with van der Waals surface area (Å²) in [6.07, 6.45) is 4.00. The number of carbonyl (C=O) groups is 1. The number of carbonyl (C=O) groups excluding carboxylic acids is 1.